The number of hydrogen-bond acceptors (Lipinski definition) is 5. The molecule has 0 unspecified atom stereocenters. The molecule has 0 radical (unpaired) electrons. The quantitative estimate of drug-likeness (QED) is 0.777. The molecule has 0 amide bonds. The fourth-order valence-corrected chi connectivity index (χ4v) is 2.48. The van der Waals surface area contributed by atoms with E-state index >= 15 is 0 Å². The second kappa shape index (κ2) is 6.42. The maximum absolute atomic E-state index is 6.05. The summed E-state index contributed by atoms with van der Waals surface area (Å²) in [6.45, 7) is 2.47. The normalized spacial score (nSPS) is 10.5. The number of benzene rings is 1. The van der Waals surface area contributed by atoms with Crippen LogP contribution in [0.25, 0.3) is 0 Å². The zero-order valence-electron chi connectivity index (χ0n) is 12.4. The Kier molecular flexibility index (Phi) is 4.81. The van der Waals surface area contributed by atoms with E-state index in [0.717, 1.165) is 14.8 Å². The van der Waals surface area contributed by atoms with Gasteiger partial charge in [0.2, 0.25) is 5.75 Å². The van der Waals surface area contributed by atoms with Crippen molar-refractivity contribution in [2.45, 2.75) is 13.5 Å². The highest BCUT2D eigenvalue weighted by molar-refractivity contribution is 14.1. The van der Waals surface area contributed by atoms with E-state index in [2.05, 4.69) is 27.7 Å². The van der Waals surface area contributed by atoms with Gasteiger partial charge in [-0.2, -0.15) is 5.10 Å². The van der Waals surface area contributed by atoms with Crippen LogP contribution in [0.3, 0.4) is 0 Å². The fraction of sp³-hybridized carbons (Fsp3) is 0.357. The highest BCUT2D eigenvalue weighted by Gasteiger charge is 2.15. The summed E-state index contributed by atoms with van der Waals surface area (Å²) in [6.07, 6.45) is 0. The van der Waals surface area contributed by atoms with Gasteiger partial charge < -0.3 is 19.9 Å². The van der Waals surface area contributed by atoms with E-state index in [4.69, 9.17) is 19.9 Å². The monoisotopic (exact) mass is 403 g/mol. The van der Waals surface area contributed by atoms with Gasteiger partial charge in [-0.1, -0.05) is 0 Å². The van der Waals surface area contributed by atoms with Crippen LogP contribution in [0.5, 0.6) is 17.2 Å². The van der Waals surface area contributed by atoms with Crippen molar-refractivity contribution in [2.75, 3.05) is 27.1 Å². The molecule has 0 atom stereocenters. The Labute approximate surface area is 137 Å². The standard InChI is InChI=1S/C14H18IN3O3/c1-8-12(15)14(16)18(17-8)7-9-5-10(19-2)13(21-4)11(6-9)20-3/h5-6H,7,16H2,1-4H3. The summed E-state index contributed by atoms with van der Waals surface area (Å²) in [5, 5.41) is 4.43. The first kappa shape index (κ1) is 15.7. The minimum absolute atomic E-state index is 0.534. The maximum Gasteiger partial charge on any atom is 0.203 e. The molecule has 1 heterocycles. The van der Waals surface area contributed by atoms with Crippen molar-refractivity contribution in [1.29, 1.82) is 0 Å². The molecule has 0 saturated heterocycles. The molecule has 0 fully saturated rings. The number of nitrogens with two attached hydrogens (primary N) is 1. The number of anilines is 1. The smallest absolute Gasteiger partial charge is 0.203 e. The van der Waals surface area contributed by atoms with Crippen LogP contribution < -0.4 is 19.9 Å². The molecule has 0 spiro atoms. The first-order chi connectivity index (χ1) is 10.0. The zero-order chi connectivity index (χ0) is 15.6. The molecule has 1 aromatic heterocycles. The van der Waals surface area contributed by atoms with Crippen LogP contribution in [0.2, 0.25) is 0 Å². The molecule has 0 aliphatic rings. The van der Waals surface area contributed by atoms with Gasteiger partial charge in [0.05, 0.1) is 37.1 Å². The van der Waals surface area contributed by atoms with E-state index in [9.17, 15) is 0 Å². The van der Waals surface area contributed by atoms with Gasteiger partial charge in [-0.3, -0.25) is 0 Å². The Morgan fingerprint density at radius 2 is 1.71 bits per heavy atom. The molecule has 2 rings (SSSR count). The summed E-state index contributed by atoms with van der Waals surface area (Å²) in [7, 11) is 4.77. The third kappa shape index (κ3) is 3.02. The van der Waals surface area contributed by atoms with Crippen LogP contribution in [0, 0.1) is 10.5 Å². The lowest BCUT2D eigenvalue weighted by Gasteiger charge is -2.14. The summed E-state index contributed by atoms with van der Waals surface area (Å²) in [4.78, 5) is 0. The summed E-state index contributed by atoms with van der Waals surface area (Å²) in [6, 6.07) is 3.79. The Morgan fingerprint density at radius 1 is 1.14 bits per heavy atom. The Hall–Kier alpha value is -1.64. The molecule has 0 saturated carbocycles. The van der Waals surface area contributed by atoms with Gasteiger partial charge in [-0.25, -0.2) is 4.68 Å². The number of rotatable bonds is 5. The van der Waals surface area contributed by atoms with Crippen molar-refractivity contribution < 1.29 is 14.2 Å². The summed E-state index contributed by atoms with van der Waals surface area (Å²) in [5.74, 6) is 2.46. The fourth-order valence-electron chi connectivity index (χ4n) is 2.10. The molecule has 0 aliphatic heterocycles. The second-order valence-electron chi connectivity index (χ2n) is 4.48. The lowest BCUT2D eigenvalue weighted by Crippen LogP contribution is -2.07. The Morgan fingerprint density at radius 3 is 2.10 bits per heavy atom. The Balaban J connectivity index is 2.42. The van der Waals surface area contributed by atoms with E-state index in [1.807, 2.05) is 19.1 Å². The van der Waals surface area contributed by atoms with Gasteiger partial charge in [0.25, 0.3) is 0 Å². The molecular formula is C14H18IN3O3. The summed E-state index contributed by atoms with van der Waals surface area (Å²) in [5.41, 5.74) is 7.94. The molecule has 1 aromatic carbocycles. The lowest BCUT2D eigenvalue weighted by atomic mass is 10.2. The molecule has 2 aromatic rings. The van der Waals surface area contributed by atoms with Crippen LogP contribution in [0.1, 0.15) is 11.3 Å². The highest BCUT2D eigenvalue weighted by Crippen LogP contribution is 2.38. The zero-order valence-corrected chi connectivity index (χ0v) is 14.6. The number of ether oxygens (including phenoxy) is 3. The van der Waals surface area contributed by atoms with Crippen LogP contribution in [0.15, 0.2) is 12.1 Å². The van der Waals surface area contributed by atoms with Crippen molar-refractivity contribution >= 4 is 28.4 Å². The van der Waals surface area contributed by atoms with E-state index < -0.39 is 0 Å². The molecular weight excluding hydrogens is 385 g/mol. The van der Waals surface area contributed by atoms with Crippen LogP contribution in [-0.4, -0.2) is 31.1 Å². The molecule has 21 heavy (non-hydrogen) atoms. The molecule has 0 aliphatic carbocycles. The van der Waals surface area contributed by atoms with E-state index in [-0.39, 0.29) is 0 Å². The minimum atomic E-state index is 0.534. The van der Waals surface area contributed by atoms with Gasteiger partial charge in [-0.05, 0) is 47.2 Å². The number of aromatic nitrogens is 2. The van der Waals surface area contributed by atoms with Gasteiger partial charge in [0.1, 0.15) is 5.82 Å². The van der Waals surface area contributed by atoms with Crippen molar-refractivity contribution in [2.24, 2.45) is 0 Å². The predicted molar refractivity (Wildman–Crippen MR) is 89.3 cm³/mol. The van der Waals surface area contributed by atoms with Gasteiger partial charge >= 0.3 is 0 Å². The van der Waals surface area contributed by atoms with Crippen molar-refractivity contribution in [3.8, 4) is 17.2 Å². The number of halogens is 1. The third-order valence-electron chi connectivity index (χ3n) is 3.15. The highest BCUT2D eigenvalue weighted by atomic mass is 127. The predicted octanol–water partition coefficient (Wildman–Crippen LogP) is 2.45. The number of nitrogen functional groups attached to an aromatic ring is 1. The minimum Gasteiger partial charge on any atom is -0.493 e. The van der Waals surface area contributed by atoms with Crippen molar-refractivity contribution in [1.82, 2.24) is 9.78 Å². The van der Waals surface area contributed by atoms with Crippen LogP contribution >= 0.6 is 22.6 Å². The number of methoxy groups -OCH3 is 3. The third-order valence-corrected chi connectivity index (χ3v) is 4.48. The molecule has 2 N–H and O–H groups in total. The van der Waals surface area contributed by atoms with E-state index in [1.54, 1.807) is 26.0 Å². The molecule has 7 heteroatoms. The van der Waals surface area contributed by atoms with E-state index in [1.165, 1.54) is 0 Å². The van der Waals surface area contributed by atoms with Crippen molar-refractivity contribution in [3.05, 3.63) is 27.0 Å². The largest absolute Gasteiger partial charge is 0.493 e. The second-order valence-corrected chi connectivity index (χ2v) is 5.55. The SMILES string of the molecule is COc1cc(Cn2nc(C)c(I)c2N)cc(OC)c1OC. The molecule has 6 nitrogen and oxygen atoms in total. The number of nitrogens with zero attached hydrogens (tertiary/aromatic N) is 2. The number of hydrogen-bond donors (Lipinski definition) is 1. The van der Waals surface area contributed by atoms with Gasteiger partial charge in [0.15, 0.2) is 11.5 Å². The average molecular weight is 403 g/mol. The topological polar surface area (TPSA) is 71.5 Å². The Bertz CT molecular complexity index is 630. The first-order valence-electron chi connectivity index (χ1n) is 6.29. The van der Waals surface area contributed by atoms with Gasteiger partial charge in [-0.15, -0.1) is 0 Å². The summed E-state index contributed by atoms with van der Waals surface area (Å²) < 4.78 is 18.7. The van der Waals surface area contributed by atoms with Crippen molar-refractivity contribution in [3.63, 3.8) is 0 Å². The van der Waals surface area contributed by atoms with Crippen LogP contribution in [0.4, 0.5) is 5.82 Å². The lowest BCUT2D eigenvalue weighted by molar-refractivity contribution is 0.323. The average Bonchev–Trinajstić information content (AvgIpc) is 2.73. The summed E-state index contributed by atoms with van der Waals surface area (Å²) >= 11 is 2.19. The first-order valence-corrected chi connectivity index (χ1v) is 7.37. The molecule has 0 bridgehead atoms. The van der Waals surface area contributed by atoms with Crippen LogP contribution in [-0.2, 0) is 6.54 Å². The molecule has 114 valence electrons. The maximum atomic E-state index is 6.05. The van der Waals surface area contributed by atoms with Gasteiger partial charge in [0, 0.05) is 0 Å². The number of aryl methyl sites for hydroxylation is 1. The van der Waals surface area contributed by atoms with E-state index in [0.29, 0.717) is 29.6 Å².